The largest absolute Gasteiger partial charge is 0.329 e. The van der Waals surface area contributed by atoms with E-state index >= 15 is 0 Å². The van der Waals surface area contributed by atoms with Crippen molar-refractivity contribution < 1.29 is 33.2 Å². The highest BCUT2D eigenvalue weighted by Gasteiger charge is 2.35. The standard InChI is InChI=1S/C42H86O7/c1-7-13-15-17-19-21-23-25-27-29-31-33-41(44-35-9-3,45-36-10-4)48-39-43-40-49-42(46-37-11-5,47-38-12-6)34-32-30-28-26-24-22-20-18-16-14-8-2/h7-40H2,1-6H3. The highest BCUT2D eigenvalue weighted by atomic mass is 16.9. The van der Waals surface area contributed by atoms with Crippen LogP contribution in [0.2, 0.25) is 0 Å². The number of unbranched alkanes of at least 4 members (excludes halogenated alkanes) is 20. The molecule has 0 radical (unpaired) electrons. The van der Waals surface area contributed by atoms with E-state index in [0.717, 1.165) is 51.4 Å². The van der Waals surface area contributed by atoms with E-state index in [1.54, 1.807) is 0 Å². The van der Waals surface area contributed by atoms with Crippen LogP contribution in [0.3, 0.4) is 0 Å². The molecule has 0 heterocycles. The molecule has 0 saturated carbocycles. The Morgan fingerprint density at radius 1 is 0.265 bits per heavy atom. The zero-order valence-corrected chi connectivity index (χ0v) is 33.9. The molecule has 0 aliphatic rings. The van der Waals surface area contributed by atoms with Crippen molar-refractivity contribution in [3.63, 3.8) is 0 Å². The van der Waals surface area contributed by atoms with Crippen LogP contribution in [0.15, 0.2) is 0 Å². The smallest absolute Gasteiger partial charge is 0.284 e. The Hall–Kier alpha value is -0.280. The van der Waals surface area contributed by atoms with E-state index in [-0.39, 0.29) is 13.6 Å². The zero-order chi connectivity index (χ0) is 36.0. The Balaban J connectivity index is 4.82. The number of hydrogen-bond acceptors (Lipinski definition) is 7. The topological polar surface area (TPSA) is 64.6 Å². The van der Waals surface area contributed by atoms with Crippen molar-refractivity contribution in [2.45, 2.75) is 233 Å². The van der Waals surface area contributed by atoms with Crippen LogP contribution in [0.4, 0.5) is 0 Å². The van der Waals surface area contributed by atoms with Crippen molar-refractivity contribution in [3.8, 4) is 0 Å². The van der Waals surface area contributed by atoms with E-state index in [4.69, 9.17) is 33.2 Å². The number of ether oxygens (including phenoxy) is 7. The Morgan fingerprint density at radius 3 is 0.755 bits per heavy atom. The Kier molecular flexibility index (Phi) is 37.3. The second kappa shape index (κ2) is 37.5. The van der Waals surface area contributed by atoms with Gasteiger partial charge in [-0.05, 0) is 38.5 Å². The van der Waals surface area contributed by atoms with Crippen LogP contribution in [0.5, 0.6) is 0 Å². The molecule has 0 aromatic rings. The summed E-state index contributed by atoms with van der Waals surface area (Å²) in [5, 5.41) is 0. The van der Waals surface area contributed by atoms with Gasteiger partial charge in [0.2, 0.25) is 0 Å². The van der Waals surface area contributed by atoms with Gasteiger partial charge in [-0.25, -0.2) is 0 Å². The fourth-order valence-corrected chi connectivity index (χ4v) is 6.02. The van der Waals surface area contributed by atoms with Crippen molar-refractivity contribution in [2.24, 2.45) is 0 Å². The highest BCUT2D eigenvalue weighted by molar-refractivity contribution is 4.62. The third kappa shape index (κ3) is 29.9. The fourth-order valence-electron chi connectivity index (χ4n) is 6.02. The van der Waals surface area contributed by atoms with E-state index in [1.807, 2.05) is 0 Å². The summed E-state index contributed by atoms with van der Waals surface area (Å²) in [6, 6.07) is 0. The first-order valence-electron chi connectivity index (χ1n) is 21.5. The molecule has 7 heteroatoms. The third-order valence-electron chi connectivity index (χ3n) is 9.00. The minimum atomic E-state index is -1.09. The monoisotopic (exact) mass is 703 g/mol. The SMILES string of the molecule is CCCCCCCCCCCCCC(OCCC)(OCCC)OCOCOC(CCCCCCCCCCCCC)(OCCC)OCCC. The van der Waals surface area contributed by atoms with E-state index < -0.39 is 11.9 Å². The predicted molar refractivity (Wildman–Crippen MR) is 206 cm³/mol. The number of rotatable bonds is 42. The summed E-state index contributed by atoms with van der Waals surface area (Å²) in [5.41, 5.74) is 0. The molecule has 0 rings (SSSR count). The molecule has 0 bridgehead atoms. The molecule has 0 aliphatic heterocycles. The van der Waals surface area contributed by atoms with Gasteiger partial charge in [-0.3, -0.25) is 0 Å². The lowest BCUT2D eigenvalue weighted by molar-refractivity contribution is -0.424. The van der Waals surface area contributed by atoms with Crippen LogP contribution in [-0.4, -0.2) is 52.0 Å². The Morgan fingerprint density at radius 2 is 0.510 bits per heavy atom. The van der Waals surface area contributed by atoms with Crippen LogP contribution in [0.25, 0.3) is 0 Å². The first-order chi connectivity index (χ1) is 24.1. The van der Waals surface area contributed by atoms with Crippen LogP contribution in [0, 0.1) is 0 Å². The summed E-state index contributed by atoms with van der Waals surface area (Å²) >= 11 is 0. The highest BCUT2D eigenvalue weighted by Crippen LogP contribution is 2.27. The third-order valence-corrected chi connectivity index (χ3v) is 9.00. The lowest BCUT2D eigenvalue weighted by Crippen LogP contribution is -2.42. The van der Waals surface area contributed by atoms with Gasteiger partial charge in [-0.1, -0.05) is 170 Å². The number of hydrogen-bond donors (Lipinski definition) is 0. The molecular formula is C42H86O7. The van der Waals surface area contributed by atoms with Crippen molar-refractivity contribution >= 4 is 0 Å². The molecule has 0 fully saturated rings. The molecule has 49 heavy (non-hydrogen) atoms. The van der Waals surface area contributed by atoms with Gasteiger partial charge < -0.3 is 33.2 Å². The summed E-state index contributed by atoms with van der Waals surface area (Å²) in [4.78, 5) is 0. The predicted octanol–water partition coefficient (Wildman–Crippen LogP) is 13.4. The summed E-state index contributed by atoms with van der Waals surface area (Å²) in [7, 11) is 0. The maximum Gasteiger partial charge on any atom is 0.284 e. The Labute approximate surface area is 305 Å². The summed E-state index contributed by atoms with van der Waals surface area (Å²) in [6.45, 7) is 15.3. The molecule has 0 N–H and O–H groups in total. The van der Waals surface area contributed by atoms with Gasteiger partial charge in [-0.15, -0.1) is 0 Å². The van der Waals surface area contributed by atoms with Crippen LogP contribution in [0.1, 0.15) is 221 Å². The van der Waals surface area contributed by atoms with Crippen LogP contribution in [-0.2, 0) is 33.2 Å². The molecule has 296 valence electrons. The van der Waals surface area contributed by atoms with E-state index in [9.17, 15) is 0 Å². The lowest BCUT2D eigenvalue weighted by atomic mass is 10.0. The first kappa shape index (κ1) is 48.7. The van der Waals surface area contributed by atoms with Gasteiger partial charge in [0.25, 0.3) is 11.9 Å². The molecule has 0 saturated heterocycles. The molecule has 0 atom stereocenters. The minimum absolute atomic E-state index is 0.0154. The average Bonchev–Trinajstić information content (AvgIpc) is 3.12. The van der Waals surface area contributed by atoms with Gasteiger partial charge in [-0.2, -0.15) is 0 Å². The van der Waals surface area contributed by atoms with Crippen LogP contribution < -0.4 is 0 Å². The van der Waals surface area contributed by atoms with E-state index in [0.29, 0.717) is 39.3 Å². The molecular weight excluding hydrogens is 616 g/mol. The van der Waals surface area contributed by atoms with Gasteiger partial charge in [0.1, 0.15) is 0 Å². The van der Waals surface area contributed by atoms with Crippen LogP contribution >= 0.6 is 0 Å². The summed E-state index contributed by atoms with van der Waals surface area (Å²) in [6.07, 6.45) is 33.5. The van der Waals surface area contributed by atoms with Gasteiger partial charge in [0.15, 0.2) is 13.6 Å². The Bertz CT molecular complexity index is 564. The molecule has 0 aliphatic carbocycles. The second-order valence-electron chi connectivity index (χ2n) is 14.1. The van der Waals surface area contributed by atoms with E-state index in [2.05, 4.69) is 41.5 Å². The maximum atomic E-state index is 6.25. The van der Waals surface area contributed by atoms with Crippen molar-refractivity contribution in [1.29, 1.82) is 0 Å². The quantitative estimate of drug-likeness (QED) is 0.0463. The van der Waals surface area contributed by atoms with Crippen molar-refractivity contribution in [1.82, 2.24) is 0 Å². The second-order valence-corrected chi connectivity index (χ2v) is 14.1. The van der Waals surface area contributed by atoms with Gasteiger partial charge in [0.05, 0.1) is 26.4 Å². The molecule has 0 spiro atoms. The maximum absolute atomic E-state index is 6.25. The summed E-state index contributed by atoms with van der Waals surface area (Å²) < 4.78 is 43.3. The summed E-state index contributed by atoms with van der Waals surface area (Å²) in [5.74, 6) is -2.18. The average molecular weight is 703 g/mol. The lowest BCUT2D eigenvalue weighted by Gasteiger charge is -2.34. The molecule has 0 amide bonds. The first-order valence-corrected chi connectivity index (χ1v) is 21.5. The molecule has 0 unspecified atom stereocenters. The molecule has 0 aromatic heterocycles. The molecule has 7 nitrogen and oxygen atoms in total. The van der Waals surface area contributed by atoms with Gasteiger partial charge in [0, 0.05) is 12.8 Å². The minimum Gasteiger partial charge on any atom is -0.329 e. The van der Waals surface area contributed by atoms with E-state index in [1.165, 1.54) is 116 Å². The van der Waals surface area contributed by atoms with Crippen molar-refractivity contribution in [3.05, 3.63) is 0 Å². The van der Waals surface area contributed by atoms with Gasteiger partial charge >= 0.3 is 0 Å². The van der Waals surface area contributed by atoms with Crippen molar-refractivity contribution in [2.75, 3.05) is 40.0 Å². The molecule has 0 aromatic carbocycles. The normalized spacial score (nSPS) is 12.4. The zero-order valence-electron chi connectivity index (χ0n) is 33.9. The fraction of sp³-hybridized carbons (Fsp3) is 1.00.